The van der Waals surface area contributed by atoms with E-state index in [0.29, 0.717) is 39.2 Å². The van der Waals surface area contributed by atoms with Crippen LogP contribution in [0.15, 0.2) is 29.5 Å². The summed E-state index contributed by atoms with van der Waals surface area (Å²) in [5.41, 5.74) is 1.47. The molecule has 1 aliphatic rings. The third-order valence-electron chi connectivity index (χ3n) is 3.29. The summed E-state index contributed by atoms with van der Waals surface area (Å²) in [6.45, 7) is 1.97. The zero-order chi connectivity index (χ0) is 17.0. The number of thioether (sulfide) groups is 1. The quantitative estimate of drug-likeness (QED) is 0.610. The summed E-state index contributed by atoms with van der Waals surface area (Å²) < 4.78 is 5.27. The topological polar surface area (TPSA) is 67.4 Å². The fourth-order valence-corrected chi connectivity index (χ4v) is 2.76. The van der Waals surface area contributed by atoms with Crippen molar-refractivity contribution in [3.05, 3.63) is 45.1 Å². The minimum atomic E-state index is -0.639. The predicted octanol–water partition coefficient (Wildman–Crippen LogP) is 3.53. The molecule has 5 nitrogen and oxygen atoms in total. The van der Waals surface area contributed by atoms with Crippen LogP contribution in [0.2, 0.25) is 10.0 Å². The van der Waals surface area contributed by atoms with Crippen molar-refractivity contribution in [3.8, 4) is 0 Å². The smallest absolute Gasteiger partial charge is 0.338 e. The van der Waals surface area contributed by atoms with Gasteiger partial charge < -0.3 is 15.4 Å². The van der Waals surface area contributed by atoms with Crippen molar-refractivity contribution in [3.63, 3.8) is 0 Å². The number of carbonyl (C=O) groups is 2. The summed E-state index contributed by atoms with van der Waals surface area (Å²) in [5.74, 6) is 0.232. The van der Waals surface area contributed by atoms with E-state index in [1.807, 2.05) is 6.26 Å². The number of esters is 1. The Morgan fingerprint density at radius 1 is 1.35 bits per heavy atom. The standard InChI is InChI=1S/C15H16Cl2N2O3S/c1-8-12(14(20)22-5-6-23-2)13(19-15(21)18-8)9-3-4-10(16)11(17)7-9/h3-4,7,13H,5-6H2,1-2H3,(H2,18,19,21). The van der Waals surface area contributed by atoms with E-state index in [9.17, 15) is 9.59 Å². The van der Waals surface area contributed by atoms with E-state index >= 15 is 0 Å². The van der Waals surface area contributed by atoms with Crippen LogP contribution < -0.4 is 10.6 Å². The van der Waals surface area contributed by atoms with Gasteiger partial charge in [0.15, 0.2) is 0 Å². The third kappa shape index (κ3) is 4.34. The number of allylic oxidation sites excluding steroid dienone is 1. The summed E-state index contributed by atoms with van der Waals surface area (Å²) in [4.78, 5) is 24.2. The van der Waals surface area contributed by atoms with Crippen molar-refractivity contribution < 1.29 is 14.3 Å². The van der Waals surface area contributed by atoms with Crippen molar-refractivity contribution in [2.24, 2.45) is 0 Å². The van der Waals surface area contributed by atoms with E-state index in [4.69, 9.17) is 27.9 Å². The number of benzene rings is 1. The van der Waals surface area contributed by atoms with Gasteiger partial charge in [-0.05, 0) is 30.9 Å². The molecule has 2 rings (SSSR count). The zero-order valence-corrected chi connectivity index (χ0v) is 14.9. The normalized spacial score (nSPS) is 17.6. The lowest BCUT2D eigenvalue weighted by Crippen LogP contribution is -2.45. The third-order valence-corrected chi connectivity index (χ3v) is 4.60. The van der Waals surface area contributed by atoms with Crippen LogP contribution in [-0.2, 0) is 9.53 Å². The first-order valence-corrected chi connectivity index (χ1v) is 8.98. The number of urea groups is 1. The summed E-state index contributed by atoms with van der Waals surface area (Å²) in [6.07, 6.45) is 1.93. The van der Waals surface area contributed by atoms with Crippen LogP contribution in [0.3, 0.4) is 0 Å². The first-order chi connectivity index (χ1) is 10.9. The van der Waals surface area contributed by atoms with E-state index in [-0.39, 0.29) is 6.03 Å². The summed E-state index contributed by atoms with van der Waals surface area (Å²) in [6, 6.07) is 3.94. The first-order valence-electron chi connectivity index (χ1n) is 6.83. The minimum absolute atomic E-state index is 0.304. The number of rotatable bonds is 5. The SMILES string of the molecule is CSCCOC(=O)C1=C(C)NC(=O)NC1c1ccc(Cl)c(Cl)c1. The molecule has 1 aromatic carbocycles. The highest BCUT2D eigenvalue weighted by atomic mass is 35.5. The van der Waals surface area contributed by atoms with E-state index < -0.39 is 12.0 Å². The van der Waals surface area contributed by atoms with Gasteiger partial charge in [-0.25, -0.2) is 9.59 Å². The lowest BCUT2D eigenvalue weighted by Gasteiger charge is -2.28. The van der Waals surface area contributed by atoms with Crippen LogP contribution >= 0.6 is 35.0 Å². The maximum Gasteiger partial charge on any atom is 0.338 e. The summed E-state index contributed by atoms with van der Waals surface area (Å²) in [5, 5.41) is 6.06. The largest absolute Gasteiger partial charge is 0.461 e. The Morgan fingerprint density at radius 3 is 2.74 bits per heavy atom. The lowest BCUT2D eigenvalue weighted by atomic mass is 9.95. The highest BCUT2D eigenvalue weighted by Gasteiger charge is 2.32. The highest BCUT2D eigenvalue weighted by molar-refractivity contribution is 7.98. The maximum absolute atomic E-state index is 12.4. The van der Waals surface area contributed by atoms with Crippen molar-refractivity contribution in [2.45, 2.75) is 13.0 Å². The van der Waals surface area contributed by atoms with E-state index in [1.165, 1.54) is 0 Å². The molecule has 1 aliphatic heterocycles. The first kappa shape index (κ1) is 18.0. The average Bonchev–Trinajstić information content (AvgIpc) is 2.49. The van der Waals surface area contributed by atoms with Gasteiger partial charge in [0.25, 0.3) is 0 Å². The minimum Gasteiger partial charge on any atom is -0.461 e. The molecule has 23 heavy (non-hydrogen) atoms. The average molecular weight is 375 g/mol. The molecular weight excluding hydrogens is 359 g/mol. The molecule has 0 aromatic heterocycles. The molecular formula is C15H16Cl2N2O3S. The second kappa shape index (κ2) is 7.95. The van der Waals surface area contributed by atoms with Crippen molar-refractivity contribution >= 4 is 47.0 Å². The Morgan fingerprint density at radius 2 is 2.09 bits per heavy atom. The fraction of sp³-hybridized carbons (Fsp3) is 0.333. The van der Waals surface area contributed by atoms with Crippen LogP contribution in [0.5, 0.6) is 0 Å². The van der Waals surface area contributed by atoms with Gasteiger partial charge in [0.2, 0.25) is 0 Å². The zero-order valence-electron chi connectivity index (χ0n) is 12.6. The molecule has 0 saturated carbocycles. The molecule has 2 amide bonds. The Hall–Kier alpha value is -1.37. The molecule has 2 N–H and O–H groups in total. The number of ether oxygens (including phenoxy) is 1. The van der Waals surface area contributed by atoms with Gasteiger partial charge >= 0.3 is 12.0 Å². The molecule has 1 aromatic rings. The Labute approximate surface area is 148 Å². The number of hydrogen-bond donors (Lipinski definition) is 2. The fourth-order valence-electron chi connectivity index (χ4n) is 2.20. The van der Waals surface area contributed by atoms with Crippen LogP contribution in [0.1, 0.15) is 18.5 Å². The van der Waals surface area contributed by atoms with Gasteiger partial charge in [0.1, 0.15) is 6.61 Å². The second-order valence-electron chi connectivity index (χ2n) is 4.87. The molecule has 0 spiro atoms. The molecule has 0 saturated heterocycles. The Balaban J connectivity index is 2.33. The molecule has 0 bridgehead atoms. The molecule has 0 radical (unpaired) electrons. The number of hydrogen-bond acceptors (Lipinski definition) is 4. The van der Waals surface area contributed by atoms with Gasteiger partial charge in [0, 0.05) is 11.4 Å². The van der Waals surface area contributed by atoms with Gasteiger partial charge in [-0.3, -0.25) is 0 Å². The van der Waals surface area contributed by atoms with Gasteiger partial charge in [-0.1, -0.05) is 29.3 Å². The number of halogens is 2. The van der Waals surface area contributed by atoms with Gasteiger partial charge in [-0.2, -0.15) is 11.8 Å². The van der Waals surface area contributed by atoms with Crippen LogP contribution in [0.4, 0.5) is 4.79 Å². The number of amides is 2. The van der Waals surface area contributed by atoms with Crippen molar-refractivity contribution in [1.29, 1.82) is 0 Å². The van der Waals surface area contributed by atoms with E-state index in [2.05, 4.69) is 10.6 Å². The Bertz CT molecular complexity index is 664. The predicted molar refractivity (Wildman–Crippen MR) is 92.9 cm³/mol. The second-order valence-corrected chi connectivity index (χ2v) is 6.67. The van der Waals surface area contributed by atoms with E-state index in [1.54, 1.807) is 36.9 Å². The molecule has 0 fully saturated rings. The number of carbonyl (C=O) groups excluding carboxylic acids is 2. The van der Waals surface area contributed by atoms with E-state index in [0.717, 1.165) is 0 Å². The summed E-state index contributed by atoms with van der Waals surface area (Å²) in [7, 11) is 0. The van der Waals surface area contributed by atoms with Crippen molar-refractivity contribution in [1.82, 2.24) is 10.6 Å². The van der Waals surface area contributed by atoms with Crippen LogP contribution in [0.25, 0.3) is 0 Å². The maximum atomic E-state index is 12.4. The molecule has 8 heteroatoms. The monoisotopic (exact) mass is 374 g/mol. The van der Waals surface area contributed by atoms with Crippen molar-refractivity contribution in [2.75, 3.05) is 18.6 Å². The number of nitrogens with one attached hydrogen (secondary N) is 2. The molecule has 0 aliphatic carbocycles. The van der Waals surface area contributed by atoms with Crippen LogP contribution in [0, 0.1) is 0 Å². The molecule has 1 atom stereocenters. The summed E-state index contributed by atoms with van der Waals surface area (Å²) >= 11 is 13.5. The highest BCUT2D eigenvalue weighted by Crippen LogP contribution is 2.31. The van der Waals surface area contributed by atoms with Gasteiger partial charge in [0.05, 0.1) is 21.7 Å². The molecule has 1 heterocycles. The Kier molecular flexibility index (Phi) is 6.21. The lowest BCUT2D eigenvalue weighted by molar-refractivity contribution is -0.138. The van der Waals surface area contributed by atoms with Crippen LogP contribution in [-0.4, -0.2) is 30.6 Å². The molecule has 1 unspecified atom stereocenters. The van der Waals surface area contributed by atoms with Gasteiger partial charge in [-0.15, -0.1) is 0 Å². The molecule has 124 valence electrons.